The van der Waals surface area contributed by atoms with Gasteiger partial charge >= 0.3 is 6.09 Å². The van der Waals surface area contributed by atoms with Crippen molar-refractivity contribution < 1.29 is 24.4 Å². The van der Waals surface area contributed by atoms with Gasteiger partial charge in [0.15, 0.2) is 0 Å². The van der Waals surface area contributed by atoms with Gasteiger partial charge in [-0.2, -0.15) is 0 Å². The first-order valence-corrected chi connectivity index (χ1v) is 10.7. The van der Waals surface area contributed by atoms with Crippen molar-refractivity contribution >= 4 is 17.7 Å². The monoisotopic (exact) mass is 457 g/mol. The molecule has 0 radical (unpaired) electrons. The summed E-state index contributed by atoms with van der Waals surface area (Å²) in [5.74, 6) is -0.842. The molecule has 0 saturated heterocycles. The van der Waals surface area contributed by atoms with Gasteiger partial charge in [-0.25, -0.2) is 4.79 Å². The minimum absolute atomic E-state index is 0.0675. The number of carbonyl (C=O) groups excluding carboxylic acids is 2. The van der Waals surface area contributed by atoms with Crippen molar-refractivity contribution in [2.45, 2.75) is 63.7 Å². The molecule has 2 aromatic rings. The van der Waals surface area contributed by atoms with Crippen LogP contribution in [0.15, 0.2) is 54.6 Å². The molecule has 9 nitrogen and oxygen atoms in total. The van der Waals surface area contributed by atoms with Crippen molar-refractivity contribution in [3.8, 4) is 0 Å². The van der Waals surface area contributed by atoms with E-state index in [-0.39, 0.29) is 18.5 Å². The Labute approximate surface area is 193 Å². The second-order valence-electron chi connectivity index (χ2n) is 9.06. The van der Waals surface area contributed by atoms with Crippen LogP contribution in [0.3, 0.4) is 0 Å². The molecule has 0 heterocycles. The van der Waals surface area contributed by atoms with Crippen molar-refractivity contribution in [2.75, 3.05) is 0 Å². The Hall–Kier alpha value is -3.46. The lowest BCUT2D eigenvalue weighted by Gasteiger charge is -2.34. The van der Waals surface area contributed by atoms with Gasteiger partial charge in [-0.3, -0.25) is 14.9 Å². The van der Waals surface area contributed by atoms with E-state index in [1.54, 1.807) is 20.8 Å². The summed E-state index contributed by atoms with van der Waals surface area (Å²) in [6, 6.07) is 15.1. The highest BCUT2D eigenvalue weighted by Crippen LogP contribution is 2.24. The highest BCUT2D eigenvalue weighted by Gasteiger charge is 2.41. The first-order chi connectivity index (χ1) is 15.4. The van der Waals surface area contributed by atoms with Gasteiger partial charge in [0, 0.05) is 25.0 Å². The summed E-state index contributed by atoms with van der Waals surface area (Å²) < 4.78 is 5.31. The van der Waals surface area contributed by atoms with Gasteiger partial charge in [-0.15, -0.1) is 0 Å². The Morgan fingerprint density at radius 3 is 2.21 bits per heavy atom. The summed E-state index contributed by atoms with van der Waals surface area (Å²) in [5, 5.41) is 24.3. The number of primary amides is 1. The number of nitro benzene ring substituents is 1. The molecule has 33 heavy (non-hydrogen) atoms. The lowest BCUT2D eigenvalue weighted by molar-refractivity contribution is -0.384. The Morgan fingerprint density at radius 2 is 1.70 bits per heavy atom. The summed E-state index contributed by atoms with van der Waals surface area (Å²) in [6.07, 6.45) is -1.10. The maximum absolute atomic E-state index is 12.6. The fraction of sp³-hybridized carbons (Fsp3) is 0.417. The number of aryl methyl sites for hydroxylation is 1. The fourth-order valence-electron chi connectivity index (χ4n) is 3.48. The summed E-state index contributed by atoms with van der Waals surface area (Å²) >= 11 is 0. The van der Waals surface area contributed by atoms with Gasteiger partial charge < -0.3 is 20.9 Å². The molecular weight excluding hydrogens is 426 g/mol. The predicted molar refractivity (Wildman–Crippen MR) is 123 cm³/mol. The van der Waals surface area contributed by atoms with E-state index in [9.17, 15) is 24.8 Å². The zero-order valence-electron chi connectivity index (χ0n) is 19.1. The Morgan fingerprint density at radius 1 is 1.09 bits per heavy atom. The van der Waals surface area contributed by atoms with Gasteiger partial charge in [0.1, 0.15) is 11.1 Å². The zero-order valence-corrected chi connectivity index (χ0v) is 19.1. The van der Waals surface area contributed by atoms with Crippen LogP contribution in [-0.4, -0.2) is 39.3 Å². The van der Waals surface area contributed by atoms with E-state index < -0.39 is 34.2 Å². The molecular formula is C24H31N3O6. The molecule has 0 saturated carbocycles. The number of non-ortho nitro benzene ring substituents is 1. The topological polar surface area (TPSA) is 145 Å². The first kappa shape index (κ1) is 25.8. The SMILES string of the molecule is CC(C)(C)OC(=O)N[C@](Cc1ccc([N+](=O)[O-])cc1)(C[C@@H](O)CCc1ccccc1)C(N)=O. The van der Waals surface area contributed by atoms with E-state index in [1.807, 2.05) is 30.3 Å². The highest BCUT2D eigenvalue weighted by atomic mass is 16.6. The molecule has 0 bridgehead atoms. The van der Waals surface area contributed by atoms with E-state index in [0.717, 1.165) is 5.56 Å². The molecule has 2 amide bonds. The second kappa shape index (κ2) is 10.9. The molecule has 0 aliphatic carbocycles. The van der Waals surface area contributed by atoms with Crippen LogP contribution in [0.1, 0.15) is 44.7 Å². The molecule has 178 valence electrons. The first-order valence-electron chi connectivity index (χ1n) is 10.7. The standard InChI is InChI=1S/C24H31N3O6/c1-23(2,3)33-22(30)26-24(21(25)29,15-18-9-12-19(13-10-18)27(31)32)16-20(28)14-11-17-7-5-4-6-8-17/h4-10,12-13,20,28H,11,14-16H2,1-3H3,(H2,25,29)(H,26,30)/t20-,24+/m0/s1. The van der Waals surface area contributed by atoms with Gasteiger partial charge in [0.25, 0.3) is 5.69 Å². The number of rotatable bonds is 10. The van der Waals surface area contributed by atoms with Gasteiger partial charge in [-0.1, -0.05) is 42.5 Å². The smallest absolute Gasteiger partial charge is 0.408 e. The zero-order chi connectivity index (χ0) is 24.6. The molecule has 0 spiro atoms. The average Bonchev–Trinajstić information content (AvgIpc) is 2.71. The number of aliphatic hydroxyl groups is 1. The molecule has 0 aromatic heterocycles. The number of nitro groups is 1. The van der Waals surface area contributed by atoms with Gasteiger partial charge in [-0.05, 0) is 44.7 Å². The predicted octanol–water partition coefficient (Wildman–Crippen LogP) is 3.27. The number of benzene rings is 2. The van der Waals surface area contributed by atoms with E-state index in [0.29, 0.717) is 18.4 Å². The number of nitrogens with two attached hydrogens (primary N) is 1. The molecule has 4 N–H and O–H groups in total. The molecule has 2 atom stereocenters. The number of ether oxygens (including phenoxy) is 1. The van der Waals surface area contributed by atoms with E-state index in [1.165, 1.54) is 24.3 Å². The molecule has 0 aliphatic rings. The summed E-state index contributed by atoms with van der Waals surface area (Å²) in [4.78, 5) is 35.6. The van der Waals surface area contributed by atoms with Crippen LogP contribution in [0.4, 0.5) is 10.5 Å². The lowest BCUT2D eigenvalue weighted by atomic mass is 9.83. The maximum Gasteiger partial charge on any atom is 0.408 e. The van der Waals surface area contributed by atoms with Crippen LogP contribution in [0.5, 0.6) is 0 Å². The third kappa shape index (κ3) is 8.19. The van der Waals surface area contributed by atoms with Crippen LogP contribution >= 0.6 is 0 Å². The van der Waals surface area contributed by atoms with Crippen molar-refractivity contribution in [3.05, 3.63) is 75.8 Å². The summed E-state index contributed by atoms with van der Waals surface area (Å²) in [7, 11) is 0. The number of hydrogen-bond acceptors (Lipinski definition) is 6. The molecule has 0 fully saturated rings. The highest BCUT2D eigenvalue weighted by molar-refractivity contribution is 5.89. The molecule has 9 heteroatoms. The number of aliphatic hydroxyl groups excluding tert-OH is 1. The quantitative estimate of drug-likeness (QED) is 0.369. The van der Waals surface area contributed by atoms with E-state index in [4.69, 9.17) is 10.5 Å². The minimum Gasteiger partial charge on any atom is -0.444 e. The fourth-order valence-corrected chi connectivity index (χ4v) is 3.48. The van der Waals surface area contributed by atoms with E-state index in [2.05, 4.69) is 5.32 Å². The minimum atomic E-state index is -1.66. The molecule has 2 aromatic carbocycles. The number of alkyl carbamates (subject to hydrolysis) is 1. The maximum atomic E-state index is 12.6. The second-order valence-corrected chi connectivity index (χ2v) is 9.06. The average molecular weight is 458 g/mol. The van der Waals surface area contributed by atoms with Crippen molar-refractivity contribution in [1.29, 1.82) is 0 Å². The number of hydrogen-bond donors (Lipinski definition) is 3. The largest absolute Gasteiger partial charge is 0.444 e. The van der Waals surface area contributed by atoms with Crippen LogP contribution < -0.4 is 11.1 Å². The number of carbonyl (C=O) groups is 2. The molecule has 0 unspecified atom stereocenters. The Balaban J connectivity index is 2.27. The third-order valence-corrected chi connectivity index (χ3v) is 5.06. The van der Waals surface area contributed by atoms with Crippen LogP contribution in [0, 0.1) is 10.1 Å². The molecule has 2 rings (SSSR count). The van der Waals surface area contributed by atoms with Crippen molar-refractivity contribution in [3.63, 3.8) is 0 Å². The van der Waals surface area contributed by atoms with Crippen LogP contribution in [0.25, 0.3) is 0 Å². The van der Waals surface area contributed by atoms with Gasteiger partial charge in [0.05, 0.1) is 11.0 Å². The number of nitrogens with zero attached hydrogens (tertiary/aromatic N) is 1. The Kier molecular flexibility index (Phi) is 8.53. The normalized spacial score (nSPS) is 14.1. The lowest BCUT2D eigenvalue weighted by Crippen LogP contribution is -2.61. The van der Waals surface area contributed by atoms with Crippen molar-refractivity contribution in [1.82, 2.24) is 5.32 Å². The van der Waals surface area contributed by atoms with Gasteiger partial charge in [0.2, 0.25) is 5.91 Å². The molecule has 0 aliphatic heterocycles. The van der Waals surface area contributed by atoms with E-state index >= 15 is 0 Å². The van der Waals surface area contributed by atoms with Crippen LogP contribution in [0.2, 0.25) is 0 Å². The number of nitrogens with one attached hydrogen (secondary N) is 1. The van der Waals surface area contributed by atoms with Crippen molar-refractivity contribution in [2.24, 2.45) is 5.73 Å². The third-order valence-electron chi connectivity index (χ3n) is 5.06. The number of amides is 2. The summed E-state index contributed by atoms with van der Waals surface area (Å²) in [6.45, 7) is 5.05. The Bertz CT molecular complexity index is 956. The summed E-state index contributed by atoms with van der Waals surface area (Å²) in [5.41, 5.74) is 4.72. The van der Waals surface area contributed by atoms with Crippen LogP contribution in [-0.2, 0) is 22.4 Å².